The van der Waals surface area contributed by atoms with Crippen molar-refractivity contribution in [2.45, 2.75) is 44.7 Å². The van der Waals surface area contributed by atoms with Crippen molar-refractivity contribution in [2.75, 3.05) is 0 Å². The van der Waals surface area contributed by atoms with Crippen LogP contribution >= 0.6 is 11.6 Å². The molecule has 1 aliphatic rings. The zero-order valence-electron chi connectivity index (χ0n) is 11.7. The van der Waals surface area contributed by atoms with Gasteiger partial charge in [-0.2, -0.15) is 0 Å². The highest BCUT2D eigenvalue weighted by atomic mass is 35.5. The molecule has 20 heavy (non-hydrogen) atoms. The molecule has 1 aromatic heterocycles. The van der Waals surface area contributed by atoms with Crippen LogP contribution < -0.4 is 5.32 Å². The van der Waals surface area contributed by atoms with Gasteiger partial charge >= 0.3 is 0 Å². The van der Waals surface area contributed by atoms with Crippen molar-refractivity contribution in [1.29, 1.82) is 0 Å². The average Bonchev–Trinajstić information content (AvgIpc) is 2.91. The zero-order chi connectivity index (χ0) is 13.9. The Balaban J connectivity index is 1.62. The fourth-order valence-corrected chi connectivity index (χ4v) is 3.16. The summed E-state index contributed by atoms with van der Waals surface area (Å²) in [7, 11) is 0. The lowest BCUT2D eigenvalue weighted by Crippen LogP contribution is -2.33. The number of benzene rings is 1. The van der Waals surface area contributed by atoms with E-state index in [1.165, 1.54) is 24.0 Å². The number of aryl methyl sites for hydroxylation is 1. The summed E-state index contributed by atoms with van der Waals surface area (Å²) in [5.74, 6) is 1.16. The summed E-state index contributed by atoms with van der Waals surface area (Å²) in [5, 5.41) is 4.53. The van der Waals surface area contributed by atoms with Crippen LogP contribution in [0.15, 0.2) is 41.0 Å². The first-order chi connectivity index (χ1) is 9.72. The third-order valence-corrected chi connectivity index (χ3v) is 4.24. The highest BCUT2D eigenvalue weighted by Crippen LogP contribution is 2.30. The van der Waals surface area contributed by atoms with Crippen LogP contribution in [0.5, 0.6) is 0 Å². The van der Waals surface area contributed by atoms with Gasteiger partial charge in [-0.25, -0.2) is 0 Å². The molecule has 0 spiro atoms. The van der Waals surface area contributed by atoms with Gasteiger partial charge in [0.2, 0.25) is 0 Å². The van der Waals surface area contributed by atoms with E-state index in [0.29, 0.717) is 12.1 Å². The van der Waals surface area contributed by atoms with E-state index in [2.05, 4.69) is 30.4 Å². The van der Waals surface area contributed by atoms with E-state index in [0.717, 1.165) is 23.6 Å². The molecule has 2 nitrogen and oxygen atoms in total. The highest BCUT2D eigenvalue weighted by molar-refractivity contribution is 6.30. The zero-order valence-corrected chi connectivity index (χ0v) is 12.5. The number of nitrogens with one attached hydrogen (secondary N) is 1. The lowest BCUT2D eigenvalue weighted by atomic mass is 9.92. The highest BCUT2D eigenvalue weighted by Gasteiger charge is 2.23. The first-order valence-electron chi connectivity index (χ1n) is 7.29. The van der Waals surface area contributed by atoms with E-state index in [1.807, 2.05) is 18.4 Å². The molecule has 1 aliphatic carbocycles. The molecule has 0 bridgehead atoms. The van der Waals surface area contributed by atoms with Crippen molar-refractivity contribution in [2.24, 2.45) is 0 Å². The Labute approximate surface area is 125 Å². The molecule has 0 saturated carbocycles. The van der Waals surface area contributed by atoms with Gasteiger partial charge in [0.25, 0.3) is 0 Å². The maximum absolute atomic E-state index is 5.92. The minimum absolute atomic E-state index is 0.430. The van der Waals surface area contributed by atoms with Crippen molar-refractivity contribution in [3.63, 3.8) is 0 Å². The molecule has 0 aliphatic heterocycles. The summed E-state index contributed by atoms with van der Waals surface area (Å²) >= 11 is 5.92. The standard InChI is InChI=1S/C17H20ClNO/c1-12(11-13-5-7-14(18)8-6-13)19-16-3-2-4-17-15(16)9-10-20-17/h5-10,12,16,19H,2-4,11H2,1H3. The Morgan fingerprint density at radius 1 is 1.30 bits per heavy atom. The SMILES string of the molecule is CC(Cc1ccc(Cl)cc1)NC1CCCc2occc21. The Morgan fingerprint density at radius 2 is 2.10 bits per heavy atom. The van der Waals surface area contributed by atoms with Gasteiger partial charge in [-0.05, 0) is 49.9 Å². The van der Waals surface area contributed by atoms with Gasteiger partial charge in [0.05, 0.1) is 6.26 Å². The number of hydrogen-bond donors (Lipinski definition) is 1. The molecule has 1 heterocycles. The number of furan rings is 1. The smallest absolute Gasteiger partial charge is 0.108 e. The molecule has 3 heteroatoms. The second-order valence-corrected chi connectivity index (χ2v) is 6.08. The molecule has 1 N–H and O–H groups in total. The van der Waals surface area contributed by atoms with E-state index >= 15 is 0 Å². The van der Waals surface area contributed by atoms with Gasteiger partial charge in [-0.3, -0.25) is 0 Å². The number of hydrogen-bond acceptors (Lipinski definition) is 2. The molecule has 1 aromatic carbocycles. The molecule has 0 amide bonds. The minimum Gasteiger partial charge on any atom is -0.469 e. The van der Waals surface area contributed by atoms with E-state index in [1.54, 1.807) is 0 Å². The van der Waals surface area contributed by atoms with Crippen molar-refractivity contribution in [3.05, 3.63) is 58.5 Å². The average molecular weight is 290 g/mol. The molecule has 2 aromatic rings. The fraction of sp³-hybridized carbons (Fsp3) is 0.412. The van der Waals surface area contributed by atoms with Gasteiger partial charge in [0.1, 0.15) is 5.76 Å². The van der Waals surface area contributed by atoms with Crippen molar-refractivity contribution >= 4 is 11.6 Å². The predicted molar refractivity (Wildman–Crippen MR) is 82.1 cm³/mol. The molecule has 2 atom stereocenters. The number of rotatable bonds is 4. The Hall–Kier alpha value is -1.25. The quantitative estimate of drug-likeness (QED) is 0.894. The predicted octanol–water partition coefficient (Wildman–Crippen LogP) is 4.53. The van der Waals surface area contributed by atoms with Crippen LogP contribution in [0.3, 0.4) is 0 Å². The summed E-state index contributed by atoms with van der Waals surface area (Å²) in [6, 6.07) is 11.1. The lowest BCUT2D eigenvalue weighted by Gasteiger charge is -2.26. The van der Waals surface area contributed by atoms with Gasteiger partial charge < -0.3 is 9.73 Å². The van der Waals surface area contributed by atoms with E-state index in [9.17, 15) is 0 Å². The topological polar surface area (TPSA) is 25.2 Å². The summed E-state index contributed by atoms with van der Waals surface area (Å²) < 4.78 is 5.54. The molecule has 2 unspecified atom stereocenters. The minimum atomic E-state index is 0.430. The van der Waals surface area contributed by atoms with E-state index < -0.39 is 0 Å². The van der Waals surface area contributed by atoms with E-state index in [-0.39, 0.29) is 0 Å². The molecule has 106 valence electrons. The van der Waals surface area contributed by atoms with Crippen LogP contribution in [-0.4, -0.2) is 6.04 Å². The largest absolute Gasteiger partial charge is 0.469 e. The summed E-state index contributed by atoms with van der Waals surface area (Å²) in [5.41, 5.74) is 2.66. The van der Waals surface area contributed by atoms with Crippen LogP contribution in [0.1, 0.15) is 42.7 Å². The lowest BCUT2D eigenvalue weighted by molar-refractivity contribution is 0.380. The monoisotopic (exact) mass is 289 g/mol. The van der Waals surface area contributed by atoms with Gasteiger partial charge in [-0.1, -0.05) is 23.7 Å². The van der Waals surface area contributed by atoms with Crippen LogP contribution in [0.4, 0.5) is 0 Å². The second-order valence-electron chi connectivity index (χ2n) is 5.64. The van der Waals surface area contributed by atoms with Gasteiger partial charge in [-0.15, -0.1) is 0 Å². The van der Waals surface area contributed by atoms with Crippen LogP contribution in [-0.2, 0) is 12.8 Å². The van der Waals surface area contributed by atoms with Crippen molar-refractivity contribution in [1.82, 2.24) is 5.32 Å². The Kier molecular flexibility index (Phi) is 4.13. The summed E-state index contributed by atoms with van der Waals surface area (Å²) in [6.45, 7) is 2.24. The first kappa shape index (κ1) is 13.7. The van der Waals surface area contributed by atoms with Crippen LogP contribution in [0, 0.1) is 0 Å². The normalized spacial score (nSPS) is 19.6. The summed E-state index contributed by atoms with van der Waals surface area (Å²) in [6.07, 6.45) is 6.30. The van der Waals surface area contributed by atoms with Gasteiger partial charge in [0.15, 0.2) is 0 Å². The molecule has 0 fully saturated rings. The third kappa shape index (κ3) is 3.08. The van der Waals surface area contributed by atoms with Gasteiger partial charge in [0, 0.05) is 29.1 Å². The fourth-order valence-electron chi connectivity index (χ4n) is 3.04. The first-order valence-corrected chi connectivity index (χ1v) is 7.67. The van der Waals surface area contributed by atoms with Crippen molar-refractivity contribution < 1.29 is 4.42 Å². The Bertz CT molecular complexity index is 561. The Morgan fingerprint density at radius 3 is 2.90 bits per heavy atom. The number of halogens is 1. The van der Waals surface area contributed by atoms with E-state index in [4.69, 9.17) is 16.0 Å². The number of fused-ring (bicyclic) bond motifs is 1. The van der Waals surface area contributed by atoms with Crippen LogP contribution in [0.25, 0.3) is 0 Å². The molecular formula is C17H20ClNO. The van der Waals surface area contributed by atoms with Crippen LogP contribution in [0.2, 0.25) is 5.02 Å². The molecule has 0 saturated heterocycles. The summed E-state index contributed by atoms with van der Waals surface area (Å²) in [4.78, 5) is 0. The maximum atomic E-state index is 5.92. The molecule has 0 radical (unpaired) electrons. The molecular weight excluding hydrogens is 270 g/mol. The molecule has 3 rings (SSSR count). The third-order valence-electron chi connectivity index (χ3n) is 3.99. The maximum Gasteiger partial charge on any atom is 0.108 e. The second kappa shape index (κ2) is 6.02. The van der Waals surface area contributed by atoms with Crippen molar-refractivity contribution in [3.8, 4) is 0 Å².